The van der Waals surface area contributed by atoms with E-state index in [-0.39, 0.29) is 0 Å². The van der Waals surface area contributed by atoms with Crippen molar-refractivity contribution in [1.82, 2.24) is 14.3 Å². The zero-order chi connectivity index (χ0) is 22.3. The van der Waals surface area contributed by atoms with E-state index >= 15 is 0 Å². The van der Waals surface area contributed by atoms with Gasteiger partial charge in [-0.1, -0.05) is 30.3 Å². The van der Waals surface area contributed by atoms with Crippen LogP contribution in [-0.2, 0) is 23.0 Å². The fourth-order valence-electron chi connectivity index (χ4n) is 4.18. The second-order valence-corrected chi connectivity index (χ2v) is 10.1. The molecular weight excluding hydrogens is 420 g/mol. The lowest BCUT2D eigenvalue weighted by molar-refractivity contribution is 0.391. The van der Waals surface area contributed by atoms with E-state index in [1.807, 2.05) is 62.4 Å². The smallest absolute Gasteiger partial charge is 0.243 e. The number of sulfonamides is 1. The number of nitrogens with zero attached hydrogens (tertiary/aromatic N) is 3. The zero-order valence-corrected chi connectivity index (χ0v) is 18.9. The van der Waals surface area contributed by atoms with Crippen molar-refractivity contribution in [3.05, 3.63) is 89.2 Å². The summed E-state index contributed by atoms with van der Waals surface area (Å²) in [4.78, 5) is 9.42. The molecule has 0 bridgehead atoms. The summed E-state index contributed by atoms with van der Waals surface area (Å²) in [6.45, 7) is 4.50. The lowest BCUT2D eigenvalue weighted by Gasteiger charge is -2.29. The number of anilines is 2. The van der Waals surface area contributed by atoms with Crippen LogP contribution < -0.4 is 5.32 Å². The van der Waals surface area contributed by atoms with Crippen molar-refractivity contribution in [2.24, 2.45) is 0 Å². The highest BCUT2D eigenvalue weighted by atomic mass is 32.2. The summed E-state index contributed by atoms with van der Waals surface area (Å²) in [5, 5.41) is 4.43. The normalized spacial score (nSPS) is 14.3. The van der Waals surface area contributed by atoms with E-state index in [1.54, 1.807) is 22.8 Å². The summed E-state index contributed by atoms with van der Waals surface area (Å²) in [5.74, 6) is 0.753. The Balaban J connectivity index is 1.43. The van der Waals surface area contributed by atoms with Crippen LogP contribution in [0.1, 0.15) is 22.3 Å². The quantitative estimate of drug-likeness (QED) is 0.492. The van der Waals surface area contributed by atoms with E-state index in [1.165, 1.54) is 0 Å². The molecular formula is C25H24N4O2S. The van der Waals surface area contributed by atoms with Gasteiger partial charge in [-0.3, -0.25) is 4.98 Å². The van der Waals surface area contributed by atoms with Gasteiger partial charge >= 0.3 is 0 Å². The third kappa shape index (κ3) is 3.74. The van der Waals surface area contributed by atoms with Crippen LogP contribution in [0.4, 0.5) is 11.5 Å². The predicted octanol–water partition coefficient (Wildman–Crippen LogP) is 4.74. The Labute approximate surface area is 188 Å². The molecule has 1 aliphatic heterocycles. The average molecular weight is 445 g/mol. The number of nitrogens with one attached hydrogen (secondary N) is 1. The molecule has 6 nitrogen and oxygen atoms in total. The molecule has 5 rings (SSSR count). The molecule has 0 atom stereocenters. The number of aryl methyl sites for hydroxylation is 2. The van der Waals surface area contributed by atoms with Crippen molar-refractivity contribution >= 4 is 32.4 Å². The van der Waals surface area contributed by atoms with Crippen LogP contribution in [0.25, 0.3) is 10.9 Å². The number of pyridine rings is 2. The number of benzene rings is 2. The molecule has 32 heavy (non-hydrogen) atoms. The first-order valence-electron chi connectivity index (χ1n) is 10.6. The molecule has 0 saturated carbocycles. The number of fused-ring (bicyclic) bond motifs is 2. The van der Waals surface area contributed by atoms with Crippen molar-refractivity contribution in [3.63, 3.8) is 0 Å². The Kier molecular flexibility index (Phi) is 5.15. The Hall–Kier alpha value is -3.29. The zero-order valence-electron chi connectivity index (χ0n) is 18.0. The van der Waals surface area contributed by atoms with Crippen molar-refractivity contribution in [2.45, 2.75) is 31.7 Å². The van der Waals surface area contributed by atoms with Crippen LogP contribution in [-0.4, -0.2) is 29.2 Å². The van der Waals surface area contributed by atoms with E-state index in [4.69, 9.17) is 0 Å². The van der Waals surface area contributed by atoms with Gasteiger partial charge in [-0.2, -0.15) is 4.31 Å². The minimum Gasteiger partial charge on any atom is -0.339 e. The van der Waals surface area contributed by atoms with E-state index in [0.29, 0.717) is 24.4 Å². The highest BCUT2D eigenvalue weighted by Crippen LogP contribution is 2.31. The molecule has 0 aliphatic carbocycles. The lowest BCUT2D eigenvalue weighted by atomic mass is 10.0. The van der Waals surface area contributed by atoms with E-state index in [2.05, 4.69) is 15.3 Å². The molecule has 0 unspecified atom stereocenters. The first-order valence-corrected chi connectivity index (χ1v) is 12.0. The van der Waals surface area contributed by atoms with E-state index < -0.39 is 10.0 Å². The average Bonchev–Trinajstić information content (AvgIpc) is 2.80. The number of para-hydroxylation sites is 1. The van der Waals surface area contributed by atoms with Gasteiger partial charge in [0.25, 0.3) is 0 Å². The summed E-state index contributed by atoms with van der Waals surface area (Å²) >= 11 is 0. The van der Waals surface area contributed by atoms with Gasteiger partial charge in [-0.15, -0.1) is 0 Å². The SMILES string of the molecule is Cc1ccc(C)c(S(=O)(=O)N2CCc3c(ccnc3Nc3cnc4ccccc4c3)C2)c1. The van der Waals surface area contributed by atoms with Gasteiger partial charge in [-0.25, -0.2) is 13.4 Å². The van der Waals surface area contributed by atoms with Crippen molar-refractivity contribution in [1.29, 1.82) is 0 Å². The molecule has 0 radical (unpaired) electrons. The number of hydrogen-bond donors (Lipinski definition) is 1. The summed E-state index contributed by atoms with van der Waals surface area (Å²) in [5.41, 5.74) is 5.52. The standard InChI is InChI=1S/C25H24N4O2S/c1-17-7-8-18(2)24(13-17)32(30,31)29-12-10-22-20(16-29)9-11-26-25(22)28-21-14-19-5-3-4-6-23(19)27-15-21/h3-9,11,13-15H,10,12,16H2,1-2H3,(H,26,28). The van der Waals surface area contributed by atoms with Gasteiger partial charge in [0.15, 0.2) is 0 Å². The van der Waals surface area contributed by atoms with E-state index in [0.717, 1.165) is 44.7 Å². The molecule has 0 fully saturated rings. The molecule has 4 aromatic rings. The summed E-state index contributed by atoms with van der Waals surface area (Å²) in [6, 6.07) is 17.5. The second kappa shape index (κ2) is 8.00. The molecule has 162 valence electrons. The number of rotatable bonds is 4. The van der Waals surface area contributed by atoms with Crippen molar-refractivity contribution in [2.75, 3.05) is 11.9 Å². The largest absolute Gasteiger partial charge is 0.339 e. The second-order valence-electron chi connectivity index (χ2n) is 8.20. The minimum atomic E-state index is -3.57. The number of hydrogen-bond acceptors (Lipinski definition) is 5. The maximum Gasteiger partial charge on any atom is 0.243 e. The molecule has 0 saturated heterocycles. The lowest BCUT2D eigenvalue weighted by Crippen LogP contribution is -2.36. The van der Waals surface area contributed by atoms with Crippen molar-refractivity contribution in [3.8, 4) is 0 Å². The topological polar surface area (TPSA) is 75.2 Å². The van der Waals surface area contributed by atoms with Gasteiger partial charge in [0.05, 0.1) is 22.3 Å². The first-order chi connectivity index (χ1) is 15.4. The van der Waals surface area contributed by atoms with Gasteiger partial charge in [0, 0.05) is 30.2 Å². The Morgan fingerprint density at radius 3 is 2.72 bits per heavy atom. The van der Waals surface area contributed by atoms with Crippen molar-refractivity contribution < 1.29 is 8.42 Å². The van der Waals surface area contributed by atoms with Crippen LogP contribution in [0.15, 0.2) is 71.9 Å². The summed E-state index contributed by atoms with van der Waals surface area (Å²) < 4.78 is 28.3. The molecule has 2 aromatic heterocycles. The fraction of sp³-hybridized carbons (Fsp3) is 0.200. The highest BCUT2D eigenvalue weighted by Gasteiger charge is 2.30. The van der Waals surface area contributed by atoms with Gasteiger partial charge in [0.2, 0.25) is 10.0 Å². The van der Waals surface area contributed by atoms with Crippen LogP contribution in [0.5, 0.6) is 0 Å². The predicted molar refractivity (Wildman–Crippen MR) is 126 cm³/mol. The maximum absolute atomic E-state index is 13.4. The van der Waals surface area contributed by atoms with Gasteiger partial charge < -0.3 is 5.32 Å². The minimum absolute atomic E-state index is 0.332. The molecule has 1 N–H and O–H groups in total. The molecule has 7 heteroatoms. The summed E-state index contributed by atoms with van der Waals surface area (Å²) in [6.07, 6.45) is 4.11. The Bertz CT molecular complexity index is 1430. The summed E-state index contributed by atoms with van der Waals surface area (Å²) in [7, 11) is -3.57. The molecule has 0 amide bonds. The maximum atomic E-state index is 13.4. The van der Waals surface area contributed by atoms with E-state index in [9.17, 15) is 8.42 Å². The Morgan fingerprint density at radius 1 is 1.00 bits per heavy atom. The van der Waals surface area contributed by atoms with Crippen LogP contribution in [0.3, 0.4) is 0 Å². The van der Waals surface area contributed by atoms with Gasteiger partial charge in [0.1, 0.15) is 5.82 Å². The molecule has 1 aliphatic rings. The first kappa shape index (κ1) is 20.6. The fourth-order valence-corrected chi connectivity index (χ4v) is 5.91. The molecule has 2 aromatic carbocycles. The van der Waals surface area contributed by atoms with Gasteiger partial charge in [-0.05, 0) is 61.2 Å². The Morgan fingerprint density at radius 2 is 1.84 bits per heavy atom. The third-order valence-corrected chi connectivity index (χ3v) is 7.91. The molecule has 3 heterocycles. The monoisotopic (exact) mass is 444 g/mol. The third-order valence-electron chi connectivity index (χ3n) is 5.93. The van der Waals surface area contributed by atoms with Crippen LogP contribution >= 0.6 is 0 Å². The van der Waals surface area contributed by atoms with Crippen LogP contribution in [0, 0.1) is 13.8 Å². The number of aromatic nitrogens is 2. The van der Waals surface area contributed by atoms with Crippen LogP contribution in [0.2, 0.25) is 0 Å². The molecule has 0 spiro atoms. The highest BCUT2D eigenvalue weighted by molar-refractivity contribution is 7.89.